The number of aromatic nitrogens is 1. The number of nitrogens with zero attached hydrogens (tertiary/aromatic N) is 3. The number of likely N-dealkylation sites (N-methyl/N-ethyl adjacent to an activating group) is 1. The Labute approximate surface area is 167 Å². The molecule has 1 aromatic heterocycles. The largest absolute Gasteiger partial charge is 0.338 e. The molecular weight excluding hydrogens is 376 g/mol. The second-order valence-electron chi connectivity index (χ2n) is 7.11. The van der Waals surface area contributed by atoms with Crippen molar-refractivity contribution in [1.29, 1.82) is 0 Å². The number of hydrogen-bond acceptors (Lipinski definition) is 5. The fourth-order valence-corrected chi connectivity index (χ4v) is 4.10. The molecule has 0 saturated carbocycles. The summed E-state index contributed by atoms with van der Waals surface area (Å²) in [7, 11) is 4.00. The van der Waals surface area contributed by atoms with Crippen LogP contribution in [0.1, 0.15) is 21.5 Å². The smallest absolute Gasteiger partial charge is 0.282 e. The lowest BCUT2D eigenvalue weighted by molar-refractivity contribution is -0.856. The highest BCUT2D eigenvalue weighted by molar-refractivity contribution is 7.22. The number of anilines is 1. The van der Waals surface area contributed by atoms with Gasteiger partial charge in [-0.1, -0.05) is 29.5 Å². The van der Waals surface area contributed by atoms with Crippen molar-refractivity contribution in [3.8, 4) is 0 Å². The fraction of sp³-hybridized carbons (Fsp3) is 0.300. The van der Waals surface area contributed by atoms with E-state index in [1.807, 2.05) is 34.0 Å². The van der Waals surface area contributed by atoms with Gasteiger partial charge in [-0.05, 0) is 37.1 Å². The Morgan fingerprint density at radius 3 is 2.64 bits per heavy atom. The van der Waals surface area contributed by atoms with E-state index in [-0.39, 0.29) is 11.3 Å². The third-order valence-corrected chi connectivity index (χ3v) is 5.68. The van der Waals surface area contributed by atoms with Gasteiger partial charge in [0.05, 0.1) is 42.3 Å². The minimum absolute atomic E-state index is 0.0772. The van der Waals surface area contributed by atoms with Crippen LogP contribution in [0.4, 0.5) is 10.8 Å². The van der Waals surface area contributed by atoms with Gasteiger partial charge in [-0.25, -0.2) is 4.98 Å². The Kier molecular flexibility index (Phi) is 5.71. The average molecular weight is 399 g/mol. The molecule has 1 heterocycles. The fourth-order valence-electron chi connectivity index (χ4n) is 3.06. The molecule has 0 atom stereocenters. The molecule has 0 spiro atoms. The lowest BCUT2D eigenvalue weighted by Gasteiger charge is -2.20. The number of rotatable bonds is 6. The molecule has 0 aliphatic rings. The van der Waals surface area contributed by atoms with Crippen LogP contribution in [-0.4, -0.2) is 43.0 Å². The van der Waals surface area contributed by atoms with E-state index in [2.05, 4.69) is 11.1 Å². The highest BCUT2D eigenvalue weighted by atomic mass is 32.1. The number of nitrogens with one attached hydrogen (secondary N) is 1. The normalized spacial score (nSPS) is 11.2. The van der Waals surface area contributed by atoms with E-state index in [0.717, 1.165) is 21.3 Å². The lowest BCUT2D eigenvalue weighted by atomic mass is 10.1. The molecule has 0 unspecified atom stereocenters. The molecule has 28 heavy (non-hydrogen) atoms. The van der Waals surface area contributed by atoms with Gasteiger partial charge in [-0.15, -0.1) is 0 Å². The maximum atomic E-state index is 13.3. The van der Waals surface area contributed by atoms with E-state index < -0.39 is 10.8 Å². The molecule has 0 aliphatic carbocycles. The zero-order valence-electron chi connectivity index (χ0n) is 16.4. The first-order chi connectivity index (χ1) is 13.3. The number of nitro groups is 1. The number of para-hydroxylation sites is 1. The maximum Gasteiger partial charge on any atom is 0.282 e. The SMILES string of the molecule is Cc1cc(C)c2sc(N(CC[NH+](C)C)C(=O)c3ccccc3[N+](=O)[O-])nc2c1. The molecule has 8 heteroatoms. The number of amides is 1. The Morgan fingerprint density at radius 2 is 1.96 bits per heavy atom. The van der Waals surface area contributed by atoms with Crippen LogP contribution >= 0.6 is 11.3 Å². The van der Waals surface area contributed by atoms with Crippen LogP contribution in [0.25, 0.3) is 10.2 Å². The second-order valence-corrected chi connectivity index (χ2v) is 8.09. The van der Waals surface area contributed by atoms with Gasteiger partial charge in [0.25, 0.3) is 11.6 Å². The van der Waals surface area contributed by atoms with Crippen LogP contribution < -0.4 is 9.80 Å². The van der Waals surface area contributed by atoms with Crippen LogP contribution in [0.5, 0.6) is 0 Å². The number of fused-ring (bicyclic) bond motifs is 1. The van der Waals surface area contributed by atoms with E-state index >= 15 is 0 Å². The van der Waals surface area contributed by atoms with Crippen molar-refractivity contribution >= 4 is 38.3 Å². The zero-order valence-corrected chi connectivity index (χ0v) is 17.2. The highest BCUT2D eigenvalue weighted by Crippen LogP contribution is 2.33. The van der Waals surface area contributed by atoms with Crippen LogP contribution in [0.2, 0.25) is 0 Å². The number of carbonyl (C=O) groups is 1. The van der Waals surface area contributed by atoms with Crippen molar-refractivity contribution in [2.24, 2.45) is 0 Å². The number of carbonyl (C=O) groups excluding carboxylic acids is 1. The Hall–Kier alpha value is -2.84. The molecule has 0 bridgehead atoms. The van der Waals surface area contributed by atoms with Gasteiger partial charge in [0, 0.05) is 6.07 Å². The van der Waals surface area contributed by atoms with Crippen molar-refractivity contribution in [1.82, 2.24) is 4.98 Å². The monoisotopic (exact) mass is 399 g/mol. The summed E-state index contributed by atoms with van der Waals surface area (Å²) in [4.78, 5) is 31.6. The number of aryl methyl sites for hydroxylation is 2. The molecule has 1 N–H and O–H groups in total. The molecule has 1 amide bonds. The van der Waals surface area contributed by atoms with Gasteiger partial charge in [0.1, 0.15) is 5.56 Å². The van der Waals surface area contributed by atoms with E-state index in [9.17, 15) is 14.9 Å². The average Bonchev–Trinajstić information content (AvgIpc) is 3.05. The first-order valence-corrected chi connectivity index (χ1v) is 9.81. The summed E-state index contributed by atoms with van der Waals surface area (Å²) in [5, 5.41) is 12.0. The molecule has 7 nitrogen and oxygen atoms in total. The molecule has 0 saturated heterocycles. The Balaban J connectivity index is 2.08. The van der Waals surface area contributed by atoms with Gasteiger partial charge in [0.2, 0.25) is 0 Å². The Morgan fingerprint density at radius 1 is 1.25 bits per heavy atom. The van der Waals surface area contributed by atoms with Crippen LogP contribution in [0.3, 0.4) is 0 Å². The molecule has 3 aromatic rings. The van der Waals surface area contributed by atoms with Crippen LogP contribution in [0.15, 0.2) is 36.4 Å². The second kappa shape index (κ2) is 8.04. The first-order valence-electron chi connectivity index (χ1n) is 9.00. The number of nitro benzene ring substituents is 1. The van der Waals surface area contributed by atoms with Gasteiger partial charge in [-0.3, -0.25) is 19.8 Å². The maximum absolute atomic E-state index is 13.3. The van der Waals surface area contributed by atoms with Crippen molar-refractivity contribution in [2.45, 2.75) is 13.8 Å². The summed E-state index contributed by atoms with van der Waals surface area (Å²) < 4.78 is 1.03. The Bertz CT molecular complexity index is 1050. The number of hydrogen-bond donors (Lipinski definition) is 1. The molecule has 3 rings (SSSR count). The third-order valence-electron chi connectivity index (χ3n) is 4.45. The summed E-state index contributed by atoms with van der Waals surface area (Å²) in [6, 6.07) is 10.1. The molecule has 0 fully saturated rings. The lowest BCUT2D eigenvalue weighted by Crippen LogP contribution is -3.06. The molecule has 0 aliphatic heterocycles. The summed E-state index contributed by atoms with van der Waals surface area (Å²) in [5.74, 6) is -0.401. The first kappa shape index (κ1) is 19.9. The van der Waals surface area contributed by atoms with Gasteiger partial charge >= 0.3 is 0 Å². The van der Waals surface area contributed by atoms with Crippen LogP contribution in [0, 0.1) is 24.0 Å². The molecule has 0 radical (unpaired) electrons. The topological polar surface area (TPSA) is 80.8 Å². The van der Waals surface area contributed by atoms with Gasteiger partial charge in [0.15, 0.2) is 5.13 Å². The predicted octanol–water partition coefficient (Wildman–Crippen LogP) is 2.61. The van der Waals surface area contributed by atoms with E-state index in [0.29, 0.717) is 18.2 Å². The van der Waals surface area contributed by atoms with Gasteiger partial charge in [-0.2, -0.15) is 0 Å². The minimum atomic E-state index is -0.519. The summed E-state index contributed by atoms with van der Waals surface area (Å²) in [6.07, 6.45) is 0. The van der Waals surface area contributed by atoms with Crippen LogP contribution in [-0.2, 0) is 0 Å². The van der Waals surface area contributed by atoms with Crippen molar-refractivity contribution in [3.05, 3.63) is 63.2 Å². The predicted molar refractivity (Wildman–Crippen MR) is 112 cm³/mol. The zero-order chi connectivity index (χ0) is 20.4. The number of thiazole rings is 1. The molecule has 146 valence electrons. The number of quaternary nitrogens is 1. The highest BCUT2D eigenvalue weighted by Gasteiger charge is 2.28. The third kappa shape index (κ3) is 4.02. The minimum Gasteiger partial charge on any atom is -0.338 e. The molecule has 2 aromatic carbocycles. The van der Waals surface area contributed by atoms with Gasteiger partial charge < -0.3 is 4.90 Å². The number of benzene rings is 2. The van der Waals surface area contributed by atoms with Crippen molar-refractivity contribution in [3.63, 3.8) is 0 Å². The summed E-state index contributed by atoms with van der Waals surface area (Å²) >= 11 is 1.44. The summed E-state index contributed by atoms with van der Waals surface area (Å²) in [6.45, 7) is 5.15. The van der Waals surface area contributed by atoms with Crippen molar-refractivity contribution < 1.29 is 14.6 Å². The standard InChI is InChI=1S/C20H22N4O3S/c1-13-11-14(2)18-16(12-13)21-20(28-18)23(10-9-22(3)4)19(25)15-7-5-6-8-17(15)24(26)27/h5-8,11-12H,9-10H2,1-4H3/p+1. The molecular formula is C20H23N4O3S+. The van der Waals surface area contributed by atoms with E-state index in [1.165, 1.54) is 28.4 Å². The van der Waals surface area contributed by atoms with Crippen molar-refractivity contribution in [2.75, 3.05) is 32.1 Å². The summed E-state index contributed by atoms with van der Waals surface area (Å²) in [5.41, 5.74) is 2.94. The van der Waals surface area contributed by atoms with E-state index in [1.54, 1.807) is 17.0 Å². The van der Waals surface area contributed by atoms with E-state index in [4.69, 9.17) is 0 Å². The quantitative estimate of drug-likeness (QED) is 0.510.